The lowest BCUT2D eigenvalue weighted by Gasteiger charge is -2.13. The standard InChI is InChI=1S/C23H18N2O3/c1-14-6-9-18(10-7-14)25-22(27)19-11-8-16(13-20(19)23(25)28)21(26)24-17-5-3-4-15(2)12-17/h3-13H,1-2H3,(H,24,26). The molecule has 0 bridgehead atoms. The lowest BCUT2D eigenvalue weighted by Crippen LogP contribution is -2.29. The molecule has 1 aliphatic heterocycles. The van der Waals surface area contributed by atoms with E-state index in [1.54, 1.807) is 24.3 Å². The van der Waals surface area contributed by atoms with Crippen LogP contribution in [0.4, 0.5) is 11.4 Å². The molecule has 0 unspecified atom stereocenters. The SMILES string of the molecule is Cc1ccc(N2C(=O)c3ccc(C(=O)Nc4cccc(C)c4)cc3C2=O)cc1. The normalized spacial score (nSPS) is 12.9. The Morgan fingerprint density at radius 1 is 0.786 bits per heavy atom. The summed E-state index contributed by atoms with van der Waals surface area (Å²) in [5.74, 6) is -1.13. The predicted octanol–water partition coefficient (Wildman–Crippen LogP) is 4.36. The molecule has 4 rings (SSSR count). The van der Waals surface area contributed by atoms with Gasteiger partial charge < -0.3 is 5.32 Å². The van der Waals surface area contributed by atoms with Gasteiger partial charge in [-0.1, -0.05) is 29.8 Å². The summed E-state index contributed by atoms with van der Waals surface area (Å²) in [6.45, 7) is 3.88. The Kier molecular flexibility index (Phi) is 4.28. The van der Waals surface area contributed by atoms with Gasteiger partial charge in [0, 0.05) is 11.3 Å². The summed E-state index contributed by atoms with van der Waals surface area (Å²) in [6.07, 6.45) is 0. The van der Waals surface area contributed by atoms with Crippen molar-refractivity contribution in [3.05, 3.63) is 94.5 Å². The van der Waals surface area contributed by atoms with Gasteiger partial charge >= 0.3 is 0 Å². The highest BCUT2D eigenvalue weighted by Crippen LogP contribution is 2.29. The molecular weight excluding hydrogens is 352 g/mol. The van der Waals surface area contributed by atoms with E-state index in [1.165, 1.54) is 12.1 Å². The maximum Gasteiger partial charge on any atom is 0.266 e. The summed E-state index contributed by atoms with van der Waals surface area (Å²) in [6, 6.07) is 19.2. The first-order valence-electron chi connectivity index (χ1n) is 8.91. The van der Waals surface area contributed by atoms with E-state index in [2.05, 4.69) is 5.32 Å². The van der Waals surface area contributed by atoms with Crippen molar-refractivity contribution >= 4 is 29.1 Å². The number of nitrogens with one attached hydrogen (secondary N) is 1. The Morgan fingerprint density at radius 2 is 1.50 bits per heavy atom. The van der Waals surface area contributed by atoms with E-state index < -0.39 is 5.91 Å². The molecule has 1 N–H and O–H groups in total. The lowest BCUT2D eigenvalue weighted by molar-refractivity contribution is 0.0925. The molecule has 0 saturated carbocycles. The summed E-state index contributed by atoms with van der Waals surface area (Å²) < 4.78 is 0. The third-order valence-electron chi connectivity index (χ3n) is 4.72. The molecule has 0 fully saturated rings. The second-order valence-corrected chi connectivity index (χ2v) is 6.87. The number of amides is 3. The van der Waals surface area contributed by atoms with E-state index in [-0.39, 0.29) is 17.4 Å². The van der Waals surface area contributed by atoms with Gasteiger partial charge in [-0.25, -0.2) is 4.90 Å². The molecule has 3 aromatic rings. The van der Waals surface area contributed by atoms with Crippen molar-refractivity contribution in [3.8, 4) is 0 Å². The number of carbonyl (C=O) groups is 3. The van der Waals surface area contributed by atoms with E-state index in [0.29, 0.717) is 22.5 Å². The Labute approximate surface area is 162 Å². The minimum absolute atomic E-state index is 0.238. The minimum Gasteiger partial charge on any atom is -0.322 e. The van der Waals surface area contributed by atoms with Crippen molar-refractivity contribution in [2.45, 2.75) is 13.8 Å². The van der Waals surface area contributed by atoms with Crippen molar-refractivity contribution in [3.63, 3.8) is 0 Å². The summed E-state index contributed by atoms with van der Waals surface area (Å²) >= 11 is 0. The van der Waals surface area contributed by atoms with Crippen LogP contribution >= 0.6 is 0 Å². The zero-order valence-electron chi connectivity index (χ0n) is 15.5. The number of rotatable bonds is 3. The van der Waals surface area contributed by atoms with Gasteiger partial charge in [-0.05, 0) is 61.9 Å². The van der Waals surface area contributed by atoms with Crippen LogP contribution in [0, 0.1) is 13.8 Å². The number of carbonyl (C=O) groups excluding carboxylic acids is 3. The molecule has 0 aliphatic carbocycles. The molecule has 1 heterocycles. The van der Waals surface area contributed by atoms with E-state index in [0.717, 1.165) is 16.0 Å². The van der Waals surface area contributed by atoms with Crippen LogP contribution in [-0.2, 0) is 0 Å². The molecule has 5 heteroatoms. The number of anilines is 2. The third kappa shape index (κ3) is 3.07. The number of aryl methyl sites for hydroxylation is 2. The number of nitrogens with zero attached hydrogens (tertiary/aromatic N) is 1. The average molecular weight is 370 g/mol. The Balaban J connectivity index is 1.63. The van der Waals surface area contributed by atoms with E-state index in [4.69, 9.17) is 0 Å². The van der Waals surface area contributed by atoms with Crippen LogP contribution in [0.25, 0.3) is 0 Å². The fourth-order valence-corrected chi connectivity index (χ4v) is 3.24. The summed E-state index contributed by atoms with van der Waals surface area (Å²) in [5.41, 5.74) is 4.13. The van der Waals surface area contributed by atoms with Crippen molar-refractivity contribution in [1.29, 1.82) is 0 Å². The van der Waals surface area contributed by atoms with Crippen molar-refractivity contribution in [2.75, 3.05) is 10.2 Å². The summed E-state index contributed by atoms with van der Waals surface area (Å²) in [4.78, 5) is 39.3. The molecule has 3 amide bonds. The number of benzene rings is 3. The fraction of sp³-hybridized carbons (Fsp3) is 0.0870. The number of imide groups is 1. The maximum absolute atomic E-state index is 12.8. The van der Waals surface area contributed by atoms with Crippen molar-refractivity contribution < 1.29 is 14.4 Å². The van der Waals surface area contributed by atoms with Gasteiger partial charge in [0.25, 0.3) is 17.7 Å². The Morgan fingerprint density at radius 3 is 2.21 bits per heavy atom. The molecule has 0 aromatic heterocycles. The Bertz CT molecular complexity index is 1120. The predicted molar refractivity (Wildman–Crippen MR) is 108 cm³/mol. The largest absolute Gasteiger partial charge is 0.322 e. The van der Waals surface area contributed by atoms with Gasteiger partial charge in [-0.2, -0.15) is 0 Å². The van der Waals surface area contributed by atoms with Gasteiger partial charge in [0.05, 0.1) is 16.8 Å². The first kappa shape index (κ1) is 17.7. The van der Waals surface area contributed by atoms with Crippen LogP contribution in [-0.4, -0.2) is 17.7 Å². The molecule has 28 heavy (non-hydrogen) atoms. The van der Waals surface area contributed by atoms with Gasteiger partial charge in [0.15, 0.2) is 0 Å². The molecule has 138 valence electrons. The quantitative estimate of drug-likeness (QED) is 0.697. The van der Waals surface area contributed by atoms with E-state index in [9.17, 15) is 14.4 Å². The summed E-state index contributed by atoms with van der Waals surface area (Å²) in [5, 5.41) is 2.82. The Hall–Kier alpha value is -3.73. The molecule has 3 aromatic carbocycles. The highest BCUT2D eigenvalue weighted by molar-refractivity contribution is 6.34. The maximum atomic E-state index is 12.8. The van der Waals surface area contributed by atoms with Crippen LogP contribution in [0.2, 0.25) is 0 Å². The second-order valence-electron chi connectivity index (χ2n) is 6.87. The monoisotopic (exact) mass is 370 g/mol. The van der Waals surface area contributed by atoms with Gasteiger partial charge in [-0.3, -0.25) is 14.4 Å². The van der Waals surface area contributed by atoms with Crippen molar-refractivity contribution in [2.24, 2.45) is 0 Å². The highest BCUT2D eigenvalue weighted by Gasteiger charge is 2.37. The molecule has 5 nitrogen and oxygen atoms in total. The molecule has 0 radical (unpaired) electrons. The second kappa shape index (κ2) is 6.78. The third-order valence-corrected chi connectivity index (χ3v) is 4.72. The average Bonchev–Trinajstić information content (AvgIpc) is 2.93. The van der Waals surface area contributed by atoms with Crippen LogP contribution < -0.4 is 10.2 Å². The van der Waals surface area contributed by atoms with Crippen LogP contribution in [0.5, 0.6) is 0 Å². The van der Waals surface area contributed by atoms with Gasteiger partial charge in [0.1, 0.15) is 0 Å². The van der Waals surface area contributed by atoms with Gasteiger partial charge in [0.2, 0.25) is 0 Å². The summed E-state index contributed by atoms with van der Waals surface area (Å²) in [7, 11) is 0. The lowest BCUT2D eigenvalue weighted by atomic mass is 10.1. The van der Waals surface area contributed by atoms with E-state index in [1.807, 2.05) is 44.2 Å². The topological polar surface area (TPSA) is 66.5 Å². The molecule has 0 saturated heterocycles. The fourth-order valence-electron chi connectivity index (χ4n) is 3.24. The minimum atomic E-state index is -0.422. The molecule has 0 spiro atoms. The highest BCUT2D eigenvalue weighted by atomic mass is 16.2. The van der Waals surface area contributed by atoms with Crippen LogP contribution in [0.3, 0.4) is 0 Å². The molecule has 1 aliphatic rings. The van der Waals surface area contributed by atoms with Crippen LogP contribution in [0.1, 0.15) is 42.2 Å². The molecular formula is C23H18N2O3. The zero-order valence-corrected chi connectivity index (χ0v) is 15.5. The first-order valence-corrected chi connectivity index (χ1v) is 8.91. The smallest absolute Gasteiger partial charge is 0.266 e. The van der Waals surface area contributed by atoms with Gasteiger partial charge in [-0.15, -0.1) is 0 Å². The van der Waals surface area contributed by atoms with Crippen molar-refractivity contribution in [1.82, 2.24) is 0 Å². The van der Waals surface area contributed by atoms with Crippen LogP contribution in [0.15, 0.2) is 66.7 Å². The molecule has 0 atom stereocenters. The number of hydrogen-bond donors (Lipinski definition) is 1. The number of hydrogen-bond acceptors (Lipinski definition) is 3. The van der Waals surface area contributed by atoms with E-state index >= 15 is 0 Å². The first-order chi connectivity index (χ1) is 13.4. The number of fused-ring (bicyclic) bond motifs is 1. The zero-order chi connectivity index (χ0) is 19.8.